The summed E-state index contributed by atoms with van der Waals surface area (Å²) in [7, 11) is 0. The number of hydrogen-bond donors (Lipinski definition) is 0. The maximum Gasteiger partial charge on any atom is 0.416 e. The molecule has 0 saturated heterocycles. The first kappa shape index (κ1) is 22.8. The molecule has 1 atom stereocenters. The summed E-state index contributed by atoms with van der Waals surface area (Å²) in [5, 5.41) is 11.3. The van der Waals surface area contributed by atoms with Crippen LogP contribution in [0.2, 0.25) is 0 Å². The number of carbonyl (C=O) groups excluding carboxylic acids is 1. The Labute approximate surface area is 202 Å². The zero-order valence-corrected chi connectivity index (χ0v) is 19.0. The summed E-state index contributed by atoms with van der Waals surface area (Å²) in [6.45, 7) is 0. The van der Waals surface area contributed by atoms with Crippen LogP contribution in [-0.2, 0) is 6.18 Å². The lowest BCUT2D eigenvalue weighted by Gasteiger charge is -2.25. The minimum atomic E-state index is -4.66. The first-order chi connectivity index (χ1) is 16.6. The third-order valence-electron chi connectivity index (χ3n) is 5.70. The number of anilines is 1. The lowest BCUT2D eigenvalue weighted by molar-refractivity contribution is -0.384. The summed E-state index contributed by atoms with van der Waals surface area (Å²) >= 11 is 3.29. The van der Waals surface area contributed by atoms with Crippen LogP contribution in [0.5, 0.6) is 0 Å². The Morgan fingerprint density at radius 3 is 2.37 bits per heavy atom. The van der Waals surface area contributed by atoms with Crippen molar-refractivity contribution in [1.29, 1.82) is 0 Å². The maximum atomic E-state index is 13.5. The van der Waals surface area contributed by atoms with Gasteiger partial charge < -0.3 is 4.42 Å². The second kappa shape index (κ2) is 8.05. The number of fused-ring (bicyclic) bond motifs is 2. The van der Waals surface area contributed by atoms with E-state index in [2.05, 4.69) is 15.9 Å². The predicted molar refractivity (Wildman–Crippen MR) is 123 cm³/mol. The van der Waals surface area contributed by atoms with Crippen LogP contribution >= 0.6 is 15.9 Å². The molecule has 4 aromatic rings. The number of alkyl halides is 3. The van der Waals surface area contributed by atoms with Crippen LogP contribution < -0.4 is 10.3 Å². The molecule has 7 nitrogen and oxygen atoms in total. The van der Waals surface area contributed by atoms with E-state index in [0.717, 1.165) is 23.1 Å². The molecule has 11 heteroatoms. The maximum absolute atomic E-state index is 13.5. The Bertz CT molecular complexity index is 1580. The van der Waals surface area contributed by atoms with Gasteiger partial charge in [-0.05, 0) is 54.1 Å². The fourth-order valence-corrected chi connectivity index (χ4v) is 4.50. The first-order valence-corrected chi connectivity index (χ1v) is 10.9. The summed E-state index contributed by atoms with van der Waals surface area (Å²) in [4.78, 5) is 38.5. The van der Waals surface area contributed by atoms with Crippen molar-refractivity contribution in [2.45, 2.75) is 12.2 Å². The van der Waals surface area contributed by atoms with Crippen LogP contribution in [0.25, 0.3) is 11.0 Å². The molecule has 0 radical (unpaired) electrons. The average molecular weight is 545 g/mol. The van der Waals surface area contributed by atoms with E-state index >= 15 is 0 Å². The van der Waals surface area contributed by atoms with Crippen molar-refractivity contribution in [2.24, 2.45) is 0 Å². The summed E-state index contributed by atoms with van der Waals surface area (Å²) < 4.78 is 46.6. The highest BCUT2D eigenvalue weighted by Crippen LogP contribution is 2.43. The number of nitrogens with zero attached hydrogens (tertiary/aromatic N) is 2. The highest BCUT2D eigenvalue weighted by molar-refractivity contribution is 9.10. The third-order valence-corrected chi connectivity index (χ3v) is 6.20. The largest absolute Gasteiger partial charge is 0.450 e. The van der Waals surface area contributed by atoms with Gasteiger partial charge in [-0.1, -0.05) is 22.0 Å². The monoisotopic (exact) mass is 544 g/mol. The topological polar surface area (TPSA) is 93.7 Å². The Morgan fingerprint density at radius 1 is 1.00 bits per heavy atom. The molecule has 0 saturated carbocycles. The van der Waals surface area contributed by atoms with Gasteiger partial charge in [0, 0.05) is 22.3 Å². The molecule has 176 valence electrons. The molecular weight excluding hydrogens is 533 g/mol. The van der Waals surface area contributed by atoms with Gasteiger partial charge in [0.05, 0.1) is 27.5 Å². The Balaban J connectivity index is 1.78. The molecule has 3 aromatic carbocycles. The van der Waals surface area contributed by atoms with E-state index in [-0.39, 0.29) is 33.7 Å². The SMILES string of the molecule is O=C1c2oc3ccc(Br)cc3c(=O)c2C(c2ccc([N+](=O)[O-])cc2)N1c1cccc(C(F)(F)F)c1. The Morgan fingerprint density at radius 2 is 1.71 bits per heavy atom. The van der Waals surface area contributed by atoms with Crippen molar-refractivity contribution >= 4 is 44.2 Å². The molecule has 35 heavy (non-hydrogen) atoms. The molecule has 1 aliphatic heterocycles. The van der Waals surface area contributed by atoms with Crippen molar-refractivity contribution in [3.8, 4) is 0 Å². The zero-order valence-electron chi connectivity index (χ0n) is 17.4. The van der Waals surface area contributed by atoms with Crippen molar-refractivity contribution < 1.29 is 27.3 Å². The third kappa shape index (κ3) is 3.77. The summed E-state index contributed by atoms with van der Waals surface area (Å²) in [5.74, 6) is -1.10. The van der Waals surface area contributed by atoms with Crippen molar-refractivity contribution in [3.63, 3.8) is 0 Å². The predicted octanol–water partition coefficient (Wildman–Crippen LogP) is 6.23. The number of nitro benzene ring substituents is 1. The van der Waals surface area contributed by atoms with Crippen LogP contribution in [0.15, 0.2) is 80.4 Å². The van der Waals surface area contributed by atoms with Crippen LogP contribution in [0.4, 0.5) is 24.5 Å². The van der Waals surface area contributed by atoms with E-state index in [1.165, 1.54) is 42.5 Å². The van der Waals surface area contributed by atoms with Gasteiger partial charge in [0.1, 0.15) is 5.58 Å². The van der Waals surface area contributed by atoms with Gasteiger partial charge in [-0.3, -0.25) is 24.6 Å². The van der Waals surface area contributed by atoms with Gasteiger partial charge in [-0.2, -0.15) is 13.2 Å². The molecule has 0 N–H and O–H groups in total. The summed E-state index contributed by atoms with van der Waals surface area (Å²) in [5.41, 5.74) is -1.47. The molecule has 5 rings (SSSR count). The van der Waals surface area contributed by atoms with Gasteiger partial charge in [0.2, 0.25) is 5.76 Å². The van der Waals surface area contributed by atoms with Crippen LogP contribution in [0.3, 0.4) is 0 Å². The number of halogens is 4. The quantitative estimate of drug-likeness (QED) is 0.225. The standard InChI is InChI=1S/C24H12BrF3N2O5/c25-14-6-9-18-17(11-14)21(31)19-20(12-4-7-15(8-5-12)30(33)34)29(23(32)22(19)35-18)16-3-1-2-13(10-16)24(26,27)28/h1-11,20H. The molecule has 0 fully saturated rings. The summed E-state index contributed by atoms with van der Waals surface area (Å²) in [6, 6.07) is 12.7. The van der Waals surface area contributed by atoms with Crippen molar-refractivity contribution in [2.75, 3.05) is 4.90 Å². The lowest BCUT2D eigenvalue weighted by Crippen LogP contribution is -2.29. The average Bonchev–Trinajstić information content (AvgIpc) is 3.11. The zero-order chi connectivity index (χ0) is 25.1. The fourth-order valence-electron chi connectivity index (χ4n) is 4.14. The molecule has 1 aromatic heterocycles. The van der Waals surface area contributed by atoms with E-state index in [0.29, 0.717) is 10.0 Å². The van der Waals surface area contributed by atoms with E-state index in [9.17, 15) is 32.9 Å². The van der Waals surface area contributed by atoms with Crippen LogP contribution in [-0.4, -0.2) is 10.8 Å². The van der Waals surface area contributed by atoms with Gasteiger partial charge >= 0.3 is 6.18 Å². The van der Waals surface area contributed by atoms with E-state index in [4.69, 9.17) is 4.42 Å². The van der Waals surface area contributed by atoms with E-state index in [1.807, 2.05) is 0 Å². The number of benzene rings is 3. The van der Waals surface area contributed by atoms with Gasteiger partial charge in [0.15, 0.2) is 5.43 Å². The number of hydrogen-bond acceptors (Lipinski definition) is 5. The van der Waals surface area contributed by atoms with Crippen molar-refractivity contribution in [3.05, 3.63) is 114 Å². The summed E-state index contributed by atoms with van der Waals surface area (Å²) in [6.07, 6.45) is -4.66. The van der Waals surface area contributed by atoms with Gasteiger partial charge in [-0.15, -0.1) is 0 Å². The number of carbonyl (C=O) groups is 1. The normalized spacial score (nSPS) is 15.5. The van der Waals surface area contributed by atoms with E-state index < -0.39 is 34.0 Å². The van der Waals surface area contributed by atoms with Crippen LogP contribution in [0.1, 0.15) is 33.3 Å². The number of nitro groups is 1. The number of rotatable bonds is 3. The van der Waals surface area contributed by atoms with Crippen molar-refractivity contribution in [1.82, 2.24) is 0 Å². The van der Waals surface area contributed by atoms with Gasteiger partial charge in [-0.25, -0.2) is 0 Å². The van der Waals surface area contributed by atoms with Gasteiger partial charge in [0.25, 0.3) is 11.6 Å². The number of non-ortho nitro benzene ring substituents is 1. The fraction of sp³-hybridized carbons (Fsp3) is 0.0833. The highest BCUT2D eigenvalue weighted by Gasteiger charge is 2.44. The lowest BCUT2D eigenvalue weighted by atomic mass is 9.98. The molecule has 1 aliphatic rings. The molecular formula is C24H12BrF3N2O5. The highest BCUT2D eigenvalue weighted by atomic mass is 79.9. The second-order valence-corrected chi connectivity index (χ2v) is 8.70. The minimum Gasteiger partial charge on any atom is -0.450 e. The smallest absolute Gasteiger partial charge is 0.416 e. The Kier molecular flexibility index (Phi) is 5.24. The second-order valence-electron chi connectivity index (χ2n) is 7.79. The molecule has 0 aliphatic carbocycles. The van der Waals surface area contributed by atoms with E-state index in [1.54, 1.807) is 6.07 Å². The number of amides is 1. The minimum absolute atomic E-state index is 0.0631. The molecule has 0 bridgehead atoms. The van der Waals surface area contributed by atoms with Crippen LogP contribution in [0, 0.1) is 10.1 Å². The first-order valence-electron chi connectivity index (χ1n) is 10.1. The molecule has 1 amide bonds. The molecule has 2 heterocycles. The Hall–Kier alpha value is -3.99. The molecule has 1 unspecified atom stereocenters. The molecule has 0 spiro atoms.